The van der Waals surface area contributed by atoms with E-state index in [2.05, 4.69) is 31.4 Å². The van der Waals surface area contributed by atoms with Crippen LogP contribution in [0.2, 0.25) is 0 Å². The van der Waals surface area contributed by atoms with Crippen molar-refractivity contribution in [2.75, 3.05) is 5.32 Å². The van der Waals surface area contributed by atoms with Gasteiger partial charge in [-0.1, -0.05) is 74.9 Å². The molecule has 2 aromatic rings. The van der Waals surface area contributed by atoms with Crippen LogP contribution in [0.15, 0.2) is 72.3 Å². The zero-order valence-electron chi connectivity index (χ0n) is 19.7. The molecule has 1 aliphatic rings. The van der Waals surface area contributed by atoms with Gasteiger partial charge in [0.1, 0.15) is 5.00 Å². The number of hydrogen-bond donors (Lipinski definition) is 3. The lowest BCUT2D eigenvalue weighted by molar-refractivity contribution is -0.138. The van der Waals surface area contributed by atoms with Crippen molar-refractivity contribution in [2.45, 2.75) is 50.4 Å². The topological polar surface area (TPSA) is 95.5 Å². The largest absolute Gasteiger partial charge is 0.481 e. The molecule has 178 valence electrons. The molecular weight excluding hydrogens is 452 g/mol. The highest BCUT2D eigenvalue weighted by Crippen LogP contribution is 2.29. The summed E-state index contributed by atoms with van der Waals surface area (Å²) in [7, 11) is 0. The number of aliphatic carboxylic acids is 1. The van der Waals surface area contributed by atoms with Crippen molar-refractivity contribution in [2.24, 2.45) is 0 Å². The van der Waals surface area contributed by atoms with E-state index in [0.29, 0.717) is 22.4 Å². The molecule has 34 heavy (non-hydrogen) atoms. The summed E-state index contributed by atoms with van der Waals surface area (Å²) in [6, 6.07) is 14.2. The maximum Gasteiger partial charge on any atom is 0.310 e. The van der Waals surface area contributed by atoms with Crippen molar-refractivity contribution in [1.82, 2.24) is 5.32 Å². The molecule has 7 heteroatoms. The van der Waals surface area contributed by atoms with E-state index in [-0.39, 0.29) is 23.7 Å². The van der Waals surface area contributed by atoms with Crippen LogP contribution in [-0.4, -0.2) is 27.9 Å². The van der Waals surface area contributed by atoms with Crippen LogP contribution < -0.4 is 10.6 Å². The molecule has 0 heterocycles. The summed E-state index contributed by atoms with van der Waals surface area (Å²) in [4.78, 5) is 35.7. The summed E-state index contributed by atoms with van der Waals surface area (Å²) in [6.45, 7) is 7.88. The first-order valence-electron chi connectivity index (χ1n) is 11.0. The van der Waals surface area contributed by atoms with E-state index in [9.17, 15) is 19.5 Å². The molecule has 0 aromatic heterocycles. The molecule has 0 bridgehead atoms. The summed E-state index contributed by atoms with van der Waals surface area (Å²) in [5.74, 6) is -2.44. The molecule has 0 fully saturated rings. The fraction of sp³-hybridized carbons (Fsp3) is 0.296. The number of para-hydroxylation sites is 1. The molecular formula is C27H29ClN2O4. The average molecular weight is 481 g/mol. The molecule has 2 unspecified atom stereocenters. The minimum atomic E-state index is -1.15. The van der Waals surface area contributed by atoms with E-state index in [1.165, 1.54) is 0 Å². The van der Waals surface area contributed by atoms with Crippen LogP contribution in [0.25, 0.3) is 0 Å². The maximum absolute atomic E-state index is 12.8. The van der Waals surface area contributed by atoms with Gasteiger partial charge in [0.05, 0.1) is 5.92 Å². The normalized spacial score (nSPS) is 18.6. The van der Waals surface area contributed by atoms with Crippen LogP contribution in [0.3, 0.4) is 0 Å². The van der Waals surface area contributed by atoms with E-state index in [1.807, 2.05) is 12.1 Å². The number of carbonyl (C=O) groups is 3. The third-order valence-corrected chi connectivity index (χ3v) is 6.16. The van der Waals surface area contributed by atoms with Crippen LogP contribution in [0, 0.1) is 0 Å². The Bertz CT molecular complexity index is 1160. The molecule has 0 spiro atoms. The minimum Gasteiger partial charge on any atom is -0.481 e. The zero-order chi connectivity index (χ0) is 25.1. The molecule has 2 aromatic carbocycles. The Labute approximate surface area is 204 Å². The van der Waals surface area contributed by atoms with Crippen LogP contribution in [0.4, 0.5) is 5.69 Å². The fourth-order valence-corrected chi connectivity index (χ4v) is 3.80. The lowest BCUT2D eigenvalue weighted by atomic mass is 9.86. The first-order valence-corrected chi connectivity index (χ1v) is 11.4. The van der Waals surface area contributed by atoms with Crippen LogP contribution in [0.1, 0.15) is 61.5 Å². The van der Waals surface area contributed by atoms with Gasteiger partial charge in [-0.25, -0.2) is 0 Å². The maximum atomic E-state index is 12.8. The van der Waals surface area contributed by atoms with Crippen molar-refractivity contribution in [1.29, 1.82) is 0 Å². The first kappa shape index (κ1) is 25.2. The Balaban J connectivity index is 1.66. The summed E-state index contributed by atoms with van der Waals surface area (Å²) >= 11 is 6.60. The molecule has 2 amide bonds. The Morgan fingerprint density at radius 3 is 2.24 bits per heavy atom. The minimum absolute atomic E-state index is 0.0111. The standard InChI is InChI=1S/C27H29ClN2O4/c1-17(25(33)34)21-7-5-6-8-22(21)29-23(31)19-13-15-27(28,16-14-19)30-24(32)18-9-11-20(12-10-18)26(2,3)4/h5-15,17H,16H2,1-4H3,(H,29,31)(H,30,32)(H,33,34). The number of carbonyl (C=O) groups excluding carboxylic acids is 2. The highest BCUT2D eigenvalue weighted by molar-refractivity contribution is 6.27. The molecule has 2 atom stereocenters. The Kier molecular flexibility index (Phi) is 7.32. The van der Waals surface area contributed by atoms with Gasteiger partial charge in [0, 0.05) is 23.2 Å². The molecule has 0 saturated heterocycles. The van der Waals surface area contributed by atoms with Crippen molar-refractivity contribution in [3.8, 4) is 0 Å². The highest BCUT2D eigenvalue weighted by Gasteiger charge is 2.29. The van der Waals surface area contributed by atoms with Gasteiger partial charge in [0.25, 0.3) is 11.8 Å². The molecule has 1 aliphatic carbocycles. The second-order valence-corrected chi connectivity index (χ2v) is 10.1. The first-order chi connectivity index (χ1) is 15.9. The lowest BCUT2D eigenvalue weighted by Crippen LogP contribution is -2.43. The van der Waals surface area contributed by atoms with Gasteiger partial charge in [-0.2, -0.15) is 0 Å². The van der Waals surface area contributed by atoms with Crippen LogP contribution in [0.5, 0.6) is 0 Å². The molecule has 0 aliphatic heterocycles. The Morgan fingerprint density at radius 2 is 1.68 bits per heavy atom. The van der Waals surface area contributed by atoms with Gasteiger partial charge >= 0.3 is 5.97 Å². The van der Waals surface area contributed by atoms with E-state index in [1.54, 1.807) is 61.5 Å². The van der Waals surface area contributed by atoms with Crippen molar-refractivity contribution >= 4 is 35.1 Å². The van der Waals surface area contributed by atoms with Gasteiger partial charge < -0.3 is 15.7 Å². The number of amides is 2. The van der Waals surface area contributed by atoms with Crippen molar-refractivity contribution < 1.29 is 19.5 Å². The van der Waals surface area contributed by atoms with E-state index in [4.69, 9.17) is 11.6 Å². The number of benzene rings is 2. The van der Waals surface area contributed by atoms with Crippen molar-refractivity contribution in [3.63, 3.8) is 0 Å². The monoisotopic (exact) mass is 480 g/mol. The molecule has 6 nitrogen and oxygen atoms in total. The Morgan fingerprint density at radius 1 is 1.03 bits per heavy atom. The molecule has 3 N–H and O–H groups in total. The summed E-state index contributed by atoms with van der Waals surface area (Å²) in [5.41, 5.74) is 2.94. The number of alkyl halides is 1. The van der Waals surface area contributed by atoms with Crippen LogP contribution in [-0.2, 0) is 15.0 Å². The molecule has 3 rings (SSSR count). The average Bonchev–Trinajstić information content (AvgIpc) is 2.78. The van der Waals surface area contributed by atoms with Gasteiger partial charge in [-0.05, 0) is 47.7 Å². The zero-order valence-corrected chi connectivity index (χ0v) is 20.4. The number of nitrogens with one attached hydrogen (secondary N) is 2. The molecule has 0 saturated carbocycles. The summed E-state index contributed by atoms with van der Waals surface area (Å²) in [5, 5.41) is 14.9. The van der Waals surface area contributed by atoms with E-state index >= 15 is 0 Å². The quantitative estimate of drug-likeness (QED) is 0.383. The Hall–Kier alpha value is -3.38. The third kappa shape index (κ3) is 5.94. The smallest absolute Gasteiger partial charge is 0.310 e. The number of carboxylic acids is 1. The summed E-state index contributed by atoms with van der Waals surface area (Å²) < 4.78 is 0. The highest BCUT2D eigenvalue weighted by atomic mass is 35.5. The second kappa shape index (κ2) is 9.85. The predicted octanol–water partition coefficient (Wildman–Crippen LogP) is 5.36. The van der Waals surface area contributed by atoms with Gasteiger partial charge in [0.2, 0.25) is 0 Å². The van der Waals surface area contributed by atoms with Crippen molar-refractivity contribution in [3.05, 3.63) is 89.0 Å². The fourth-order valence-electron chi connectivity index (χ4n) is 3.58. The van der Waals surface area contributed by atoms with Gasteiger partial charge in [0.15, 0.2) is 0 Å². The third-order valence-electron chi connectivity index (χ3n) is 5.79. The summed E-state index contributed by atoms with van der Waals surface area (Å²) in [6.07, 6.45) is 5.00. The lowest BCUT2D eigenvalue weighted by Gasteiger charge is -2.27. The van der Waals surface area contributed by atoms with E-state index < -0.39 is 16.9 Å². The van der Waals surface area contributed by atoms with Gasteiger partial charge in [-0.3, -0.25) is 14.4 Å². The number of anilines is 1. The number of hydrogen-bond acceptors (Lipinski definition) is 3. The van der Waals surface area contributed by atoms with Crippen LogP contribution >= 0.6 is 11.6 Å². The second-order valence-electron chi connectivity index (χ2n) is 9.44. The van der Waals surface area contributed by atoms with E-state index in [0.717, 1.165) is 5.56 Å². The number of carboxylic acid groups (broad SMARTS) is 1. The number of halogens is 1. The molecule has 0 radical (unpaired) electrons. The predicted molar refractivity (Wildman–Crippen MR) is 134 cm³/mol. The number of rotatable bonds is 6. The SMILES string of the molecule is CC(C(=O)O)c1ccccc1NC(=O)C1=CCC(Cl)(NC(=O)c2ccc(C(C)(C)C)cc2)C=C1. The van der Waals surface area contributed by atoms with Gasteiger partial charge in [-0.15, -0.1) is 0 Å².